The molecular formula is C28H28ClN3O5. The number of para-hydroxylation sites is 1. The number of aromatic carboxylic acids is 1. The van der Waals surface area contributed by atoms with Gasteiger partial charge in [-0.15, -0.1) is 6.58 Å². The molecule has 0 aliphatic heterocycles. The number of ether oxygens (including phenoxy) is 1. The SMILES string of the molecule is C=CCN(C(=O)Nc1ccccc1C)c1ccc(N(CCOc2ccc(C(=O)O)cc2)C(C)=O)cc1Cl. The summed E-state index contributed by atoms with van der Waals surface area (Å²) in [4.78, 5) is 39.4. The number of aryl methyl sites for hydroxylation is 1. The zero-order valence-electron chi connectivity index (χ0n) is 20.6. The summed E-state index contributed by atoms with van der Waals surface area (Å²) >= 11 is 6.58. The molecule has 8 nitrogen and oxygen atoms in total. The average Bonchev–Trinajstić information content (AvgIpc) is 2.87. The van der Waals surface area contributed by atoms with Crippen molar-refractivity contribution in [3.8, 4) is 5.75 Å². The van der Waals surface area contributed by atoms with Gasteiger partial charge in [-0.1, -0.05) is 35.9 Å². The van der Waals surface area contributed by atoms with Gasteiger partial charge in [0.1, 0.15) is 12.4 Å². The summed E-state index contributed by atoms with van der Waals surface area (Å²) in [5.74, 6) is -0.746. The summed E-state index contributed by atoms with van der Waals surface area (Å²) < 4.78 is 5.67. The number of carbonyl (C=O) groups is 3. The van der Waals surface area contributed by atoms with Crippen LogP contribution in [-0.4, -0.2) is 42.7 Å². The van der Waals surface area contributed by atoms with E-state index >= 15 is 0 Å². The summed E-state index contributed by atoms with van der Waals surface area (Å²) in [5.41, 5.74) is 2.78. The summed E-state index contributed by atoms with van der Waals surface area (Å²) in [5, 5.41) is 12.2. The van der Waals surface area contributed by atoms with Gasteiger partial charge in [0.15, 0.2) is 0 Å². The highest BCUT2D eigenvalue weighted by atomic mass is 35.5. The fourth-order valence-electron chi connectivity index (χ4n) is 3.62. The monoisotopic (exact) mass is 521 g/mol. The standard InChI is InChI=1S/C28H28ClN3O5/c1-4-15-32(28(36)30-25-8-6-5-7-19(25)2)26-14-11-22(18-24(26)29)31(20(3)33)16-17-37-23-12-9-21(10-13-23)27(34)35/h4-14,18H,1,15-17H2,2-3H3,(H,30,36)(H,34,35). The van der Waals surface area contributed by atoms with Crippen LogP contribution in [-0.2, 0) is 4.79 Å². The molecule has 9 heteroatoms. The number of nitrogens with one attached hydrogen (secondary N) is 1. The fraction of sp³-hybridized carbons (Fsp3) is 0.179. The lowest BCUT2D eigenvalue weighted by atomic mass is 10.2. The normalized spacial score (nSPS) is 10.4. The Morgan fingerprint density at radius 2 is 1.76 bits per heavy atom. The molecule has 3 aromatic carbocycles. The van der Waals surface area contributed by atoms with Gasteiger partial charge in [0.25, 0.3) is 0 Å². The van der Waals surface area contributed by atoms with Crippen LogP contribution in [0.5, 0.6) is 5.75 Å². The Morgan fingerprint density at radius 3 is 2.35 bits per heavy atom. The number of rotatable bonds is 10. The van der Waals surface area contributed by atoms with E-state index in [1.54, 1.807) is 36.4 Å². The predicted octanol–water partition coefficient (Wildman–Crippen LogP) is 6.00. The van der Waals surface area contributed by atoms with E-state index in [2.05, 4.69) is 11.9 Å². The molecule has 37 heavy (non-hydrogen) atoms. The zero-order chi connectivity index (χ0) is 26.9. The lowest BCUT2D eigenvalue weighted by Gasteiger charge is -2.26. The van der Waals surface area contributed by atoms with Crippen LogP contribution in [0.4, 0.5) is 21.9 Å². The zero-order valence-corrected chi connectivity index (χ0v) is 21.4. The lowest BCUT2D eigenvalue weighted by molar-refractivity contribution is -0.116. The van der Waals surface area contributed by atoms with Gasteiger partial charge in [-0.3, -0.25) is 9.69 Å². The van der Waals surface area contributed by atoms with Crippen LogP contribution in [0, 0.1) is 6.92 Å². The number of anilines is 3. The summed E-state index contributed by atoms with van der Waals surface area (Å²) in [6, 6.07) is 18.1. The van der Waals surface area contributed by atoms with Gasteiger partial charge in [0.05, 0.1) is 22.8 Å². The van der Waals surface area contributed by atoms with E-state index in [-0.39, 0.29) is 42.2 Å². The predicted molar refractivity (Wildman–Crippen MR) is 146 cm³/mol. The number of urea groups is 1. The highest BCUT2D eigenvalue weighted by molar-refractivity contribution is 6.34. The number of benzene rings is 3. The van der Waals surface area contributed by atoms with Gasteiger partial charge < -0.3 is 20.1 Å². The highest BCUT2D eigenvalue weighted by Gasteiger charge is 2.20. The first kappa shape index (κ1) is 27.3. The molecule has 0 aliphatic rings. The van der Waals surface area contributed by atoms with Crippen molar-refractivity contribution in [1.29, 1.82) is 0 Å². The Balaban J connectivity index is 1.73. The van der Waals surface area contributed by atoms with Gasteiger partial charge in [0, 0.05) is 24.8 Å². The third kappa shape index (κ3) is 7.11. The van der Waals surface area contributed by atoms with Crippen molar-refractivity contribution in [1.82, 2.24) is 0 Å². The first-order chi connectivity index (χ1) is 17.7. The topological polar surface area (TPSA) is 99.2 Å². The molecule has 192 valence electrons. The van der Waals surface area contributed by atoms with Crippen molar-refractivity contribution in [2.75, 3.05) is 34.8 Å². The first-order valence-electron chi connectivity index (χ1n) is 11.5. The number of carbonyl (C=O) groups excluding carboxylic acids is 2. The molecule has 0 atom stereocenters. The third-order valence-corrected chi connectivity index (χ3v) is 5.84. The van der Waals surface area contributed by atoms with Crippen LogP contribution in [0.2, 0.25) is 5.02 Å². The molecule has 3 aromatic rings. The van der Waals surface area contributed by atoms with Crippen molar-refractivity contribution in [2.45, 2.75) is 13.8 Å². The average molecular weight is 522 g/mol. The molecule has 0 fully saturated rings. The smallest absolute Gasteiger partial charge is 0.335 e. The number of carboxylic acid groups (broad SMARTS) is 1. The van der Waals surface area contributed by atoms with Gasteiger partial charge in [-0.25, -0.2) is 9.59 Å². The Bertz CT molecular complexity index is 1290. The fourth-order valence-corrected chi connectivity index (χ4v) is 3.89. The van der Waals surface area contributed by atoms with Crippen LogP contribution in [0.15, 0.2) is 79.4 Å². The molecule has 0 unspecified atom stereocenters. The Morgan fingerprint density at radius 1 is 1.05 bits per heavy atom. The van der Waals surface area contributed by atoms with Crippen molar-refractivity contribution in [2.24, 2.45) is 0 Å². The number of hydrogen-bond donors (Lipinski definition) is 2. The Kier molecular flexibility index (Phi) is 9.29. The van der Waals surface area contributed by atoms with Crippen LogP contribution in [0.1, 0.15) is 22.8 Å². The van der Waals surface area contributed by atoms with Crippen molar-refractivity contribution in [3.05, 3.63) is 95.5 Å². The molecule has 3 amide bonds. The van der Waals surface area contributed by atoms with Crippen molar-refractivity contribution < 1.29 is 24.2 Å². The molecule has 3 rings (SSSR count). The van der Waals surface area contributed by atoms with E-state index in [0.29, 0.717) is 22.8 Å². The van der Waals surface area contributed by atoms with E-state index < -0.39 is 5.97 Å². The molecule has 0 radical (unpaired) electrons. The summed E-state index contributed by atoms with van der Waals surface area (Å²) in [6.45, 7) is 7.71. The van der Waals surface area contributed by atoms with Gasteiger partial charge in [0.2, 0.25) is 5.91 Å². The summed E-state index contributed by atoms with van der Waals surface area (Å²) in [7, 11) is 0. The number of halogens is 1. The maximum absolute atomic E-state index is 13.1. The highest BCUT2D eigenvalue weighted by Crippen LogP contribution is 2.31. The molecule has 0 aromatic heterocycles. The van der Waals surface area contributed by atoms with Crippen LogP contribution >= 0.6 is 11.6 Å². The van der Waals surface area contributed by atoms with E-state index in [4.69, 9.17) is 21.4 Å². The van der Waals surface area contributed by atoms with Crippen molar-refractivity contribution >= 4 is 46.6 Å². The number of carboxylic acids is 1. The van der Waals surface area contributed by atoms with Crippen LogP contribution in [0.3, 0.4) is 0 Å². The maximum atomic E-state index is 13.1. The lowest BCUT2D eigenvalue weighted by Crippen LogP contribution is -2.36. The van der Waals surface area contributed by atoms with Crippen molar-refractivity contribution in [3.63, 3.8) is 0 Å². The second kappa shape index (κ2) is 12.6. The molecule has 0 saturated heterocycles. The quantitative estimate of drug-likeness (QED) is 0.319. The van der Waals surface area contributed by atoms with Gasteiger partial charge in [-0.05, 0) is 61.0 Å². The number of nitrogens with zero attached hydrogens (tertiary/aromatic N) is 2. The van der Waals surface area contributed by atoms with E-state index in [0.717, 1.165) is 5.56 Å². The molecular weight excluding hydrogens is 494 g/mol. The summed E-state index contributed by atoms with van der Waals surface area (Å²) in [6.07, 6.45) is 1.60. The maximum Gasteiger partial charge on any atom is 0.335 e. The van der Waals surface area contributed by atoms with Crippen LogP contribution < -0.4 is 19.9 Å². The molecule has 2 N–H and O–H groups in total. The number of amides is 3. The molecule has 0 aliphatic carbocycles. The van der Waals surface area contributed by atoms with Gasteiger partial charge >= 0.3 is 12.0 Å². The van der Waals surface area contributed by atoms with Gasteiger partial charge in [-0.2, -0.15) is 0 Å². The second-order valence-electron chi connectivity index (χ2n) is 8.13. The minimum Gasteiger partial charge on any atom is -0.492 e. The largest absolute Gasteiger partial charge is 0.492 e. The van der Waals surface area contributed by atoms with E-state index in [1.165, 1.54) is 28.9 Å². The van der Waals surface area contributed by atoms with E-state index in [9.17, 15) is 14.4 Å². The molecule has 0 saturated carbocycles. The number of hydrogen-bond acceptors (Lipinski definition) is 4. The third-order valence-electron chi connectivity index (χ3n) is 5.54. The Labute approximate surface area is 220 Å². The molecule has 0 heterocycles. The minimum absolute atomic E-state index is 0.158. The second-order valence-corrected chi connectivity index (χ2v) is 8.54. The molecule has 0 bridgehead atoms. The Hall–Kier alpha value is -4.30. The van der Waals surface area contributed by atoms with E-state index in [1.807, 2.05) is 31.2 Å². The van der Waals surface area contributed by atoms with Crippen LogP contribution in [0.25, 0.3) is 0 Å². The molecule has 0 spiro atoms. The first-order valence-corrected chi connectivity index (χ1v) is 11.9. The minimum atomic E-state index is -1.02.